The van der Waals surface area contributed by atoms with Crippen molar-refractivity contribution in [2.45, 2.75) is 26.1 Å². The Labute approximate surface area is 182 Å². The molecule has 1 atom stereocenters. The van der Waals surface area contributed by atoms with Gasteiger partial charge in [-0.1, -0.05) is 0 Å². The molecule has 23 heteroatoms. The zero-order valence-electron chi connectivity index (χ0n) is 13.3. The number of nitro groups is 3. The summed E-state index contributed by atoms with van der Waals surface area (Å²) in [5.74, 6) is -2.25. The molecular formula is C7H5F6N5O7S5. The summed E-state index contributed by atoms with van der Waals surface area (Å²) in [5.41, 5.74) is 0. The molecule has 1 unspecified atom stereocenters. The molecule has 0 saturated carbocycles. The van der Waals surface area contributed by atoms with Crippen LogP contribution in [-0.4, -0.2) is 40.6 Å². The van der Waals surface area contributed by atoms with Crippen LogP contribution < -0.4 is 0 Å². The fourth-order valence-corrected chi connectivity index (χ4v) is 4.35. The third-order valence-corrected chi connectivity index (χ3v) is 8.32. The molecule has 0 fully saturated rings. The summed E-state index contributed by atoms with van der Waals surface area (Å²) < 4.78 is 64.8. The fourth-order valence-electron chi connectivity index (χ4n) is 1.79. The van der Waals surface area contributed by atoms with Crippen molar-refractivity contribution >= 4 is 60.7 Å². The van der Waals surface area contributed by atoms with E-state index >= 15 is 0 Å². The predicted octanol–water partition coefficient (Wildman–Crippen LogP) is 4.18. The summed E-state index contributed by atoms with van der Waals surface area (Å²) in [5, 5.41) is 38.6. The van der Waals surface area contributed by atoms with E-state index in [0.29, 0.717) is 0 Å². The summed E-state index contributed by atoms with van der Waals surface area (Å²) in [6.07, 6.45) is -4.20. The third kappa shape index (κ3) is 5.28. The van der Waals surface area contributed by atoms with E-state index < -0.39 is 113 Å². The molecule has 172 valence electrons. The Morgan fingerprint density at radius 3 is 1.67 bits per heavy atom. The van der Waals surface area contributed by atoms with Crippen LogP contribution in [0.2, 0.25) is 0 Å². The minimum absolute atomic E-state index is 0. The first-order valence-corrected chi connectivity index (χ1v) is 9.90. The van der Waals surface area contributed by atoms with Crippen LogP contribution in [0.4, 0.5) is 24.1 Å². The Morgan fingerprint density at radius 1 is 0.867 bits per heavy atom. The summed E-state index contributed by atoms with van der Waals surface area (Å²) in [7, 11) is 0. The molecule has 30 heavy (non-hydrogen) atoms. The van der Waals surface area contributed by atoms with Gasteiger partial charge in [0.2, 0.25) is 13.4 Å². The van der Waals surface area contributed by atoms with Crippen LogP contribution in [0, 0.1) is 30.3 Å². The van der Waals surface area contributed by atoms with Gasteiger partial charge in [0.05, 0.1) is 60.7 Å². The van der Waals surface area contributed by atoms with Crippen LogP contribution in [0.15, 0.2) is 4.42 Å². The van der Waals surface area contributed by atoms with Gasteiger partial charge in [0.15, 0.2) is 0 Å². The number of aromatic nitrogens is 2. The van der Waals surface area contributed by atoms with Crippen LogP contribution in [0.3, 0.4) is 0 Å². The highest BCUT2D eigenvalue weighted by atomic mass is 32.3. The van der Waals surface area contributed by atoms with Crippen molar-refractivity contribution in [3.05, 3.63) is 42.1 Å². The highest BCUT2D eigenvalue weighted by molar-refractivity contribution is 8.32. The third-order valence-electron chi connectivity index (χ3n) is 3.10. The van der Waals surface area contributed by atoms with Gasteiger partial charge in [0.1, 0.15) is 16.3 Å². The molecule has 0 amide bonds. The standard InChI is InChI=1S/C7H4F5N5O7S5.FH/c8-25-6(26-9,7(27-10,28-11)29-12)5-14-13-3(24-5)1-2(15(18)19)4(16(20)21)17(22)23;/h2,4H,1H2;1H. The van der Waals surface area contributed by atoms with Crippen molar-refractivity contribution in [3.8, 4) is 0 Å². The summed E-state index contributed by atoms with van der Waals surface area (Å²) in [6, 6.07) is -2.55. The van der Waals surface area contributed by atoms with E-state index in [1.165, 1.54) is 0 Å². The lowest BCUT2D eigenvalue weighted by Gasteiger charge is -2.32. The quantitative estimate of drug-likeness (QED) is 0.150. The molecule has 1 aromatic heterocycles. The van der Waals surface area contributed by atoms with Crippen LogP contribution in [-0.2, 0) is 10.5 Å². The molecule has 0 spiro atoms. The minimum Gasteiger partial charge on any atom is -0.422 e. The molecule has 1 aromatic rings. The Kier molecular flexibility index (Phi) is 11.4. The van der Waals surface area contributed by atoms with Gasteiger partial charge >= 0.3 is 12.2 Å². The van der Waals surface area contributed by atoms with E-state index in [-0.39, 0.29) is 4.70 Å². The van der Waals surface area contributed by atoms with Crippen LogP contribution in [0.25, 0.3) is 0 Å². The average Bonchev–Trinajstić information content (AvgIpc) is 3.14. The number of nitrogens with zero attached hydrogens (tertiary/aromatic N) is 5. The van der Waals surface area contributed by atoms with Crippen molar-refractivity contribution in [1.82, 2.24) is 10.2 Å². The maximum Gasteiger partial charge on any atom is 0.515 e. The van der Waals surface area contributed by atoms with E-state index in [9.17, 15) is 49.8 Å². The van der Waals surface area contributed by atoms with Gasteiger partial charge in [0, 0.05) is 4.92 Å². The van der Waals surface area contributed by atoms with E-state index in [1.807, 2.05) is 0 Å². The average molecular weight is 545 g/mol. The number of hydrogen-bond donors (Lipinski definition) is 0. The maximum atomic E-state index is 13.5. The second-order valence-corrected chi connectivity index (χ2v) is 9.47. The molecule has 12 nitrogen and oxygen atoms in total. The van der Waals surface area contributed by atoms with Crippen LogP contribution >= 0.6 is 60.7 Å². The maximum absolute atomic E-state index is 13.5. The number of rotatable bonds is 13. The first kappa shape index (κ1) is 28.7. The summed E-state index contributed by atoms with van der Waals surface area (Å²) >= 11 is -5.72. The lowest BCUT2D eigenvalue weighted by atomic mass is 10.1. The van der Waals surface area contributed by atoms with Crippen LogP contribution in [0.5, 0.6) is 0 Å². The molecule has 0 aliphatic carbocycles. The van der Waals surface area contributed by atoms with Gasteiger partial charge in [-0.05, 0) is 0 Å². The van der Waals surface area contributed by atoms with Crippen molar-refractivity contribution in [2.24, 2.45) is 0 Å². The van der Waals surface area contributed by atoms with E-state index in [1.54, 1.807) is 0 Å². The topological polar surface area (TPSA) is 168 Å². The Hall–Kier alpha value is -1.33. The van der Waals surface area contributed by atoms with Gasteiger partial charge in [-0.25, -0.2) is 0 Å². The van der Waals surface area contributed by atoms with E-state index in [0.717, 1.165) is 0 Å². The second kappa shape index (κ2) is 11.9. The van der Waals surface area contributed by atoms with Crippen LogP contribution in [0.1, 0.15) is 11.8 Å². The molecule has 0 aliphatic heterocycles. The lowest BCUT2D eigenvalue weighted by molar-refractivity contribution is -0.782. The minimum atomic E-state index is -3.21. The number of hydrogen-bond acceptors (Lipinski definition) is 14. The van der Waals surface area contributed by atoms with Gasteiger partial charge in [-0.15, -0.1) is 10.2 Å². The molecule has 1 rings (SSSR count). The first-order valence-electron chi connectivity index (χ1n) is 6.31. The predicted molar refractivity (Wildman–Crippen MR) is 97.0 cm³/mol. The highest BCUT2D eigenvalue weighted by Gasteiger charge is 2.65. The largest absolute Gasteiger partial charge is 0.515 e. The van der Waals surface area contributed by atoms with Crippen molar-refractivity contribution in [1.29, 1.82) is 0 Å². The van der Waals surface area contributed by atoms with E-state index in [2.05, 4.69) is 10.2 Å². The van der Waals surface area contributed by atoms with Gasteiger partial charge in [-0.2, -0.15) is 19.4 Å². The first-order chi connectivity index (χ1) is 13.6. The van der Waals surface area contributed by atoms with Gasteiger partial charge in [0.25, 0.3) is 5.89 Å². The van der Waals surface area contributed by atoms with Gasteiger partial charge < -0.3 is 4.42 Å². The summed E-state index contributed by atoms with van der Waals surface area (Å²) in [6.45, 7) is 0. The van der Waals surface area contributed by atoms with Crippen molar-refractivity contribution in [2.75, 3.05) is 0 Å². The Morgan fingerprint density at radius 2 is 1.33 bits per heavy atom. The van der Waals surface area contributed by atoms with E-state index in [4.69, 9.17) is 4.42 Å². The normalized spacial score (nSPS) is 13.0. The zero-order chi connectivity index (χ0) is 22.4. The monoisotopic (exact) mass is 545 g/mol. The van der Waals surface area contributed by atoms with Crippen molar-refractivity contribution < 1.29 is 43.3 Å². The molecule has 0 bridgehead atoms. The molecular weight excluding hydrogens is 540 g/mol. The fraction of sp³-hybridized carbons (Fsp3) is 0.714. The highest BCUT2D eigenvalue weighted by Crippen LogP contribution is 2.69. The lowest BCUT2D eigenvalue weighted by Crippen LogP contribution is -2.46. The second-order valence-electron chi connectivity index (χ2n) is 4.60. The smallest absolute Gasteiger partial charge is 0.422 e. The molecule has 1 heterocycles. The SMILES string of the molecule is F.O=[N+]([O-])C(Cc1nnc(C(SF)(SF)C(SF)(SF)SF)o1)C([N+](=O)[O-])[N+](=O)[O-]. The Balaban J connectivity index is 0.00000841. The summed E-state index contributed by atoms with van der Waals surface area (Å²) in [4.78, 5) is 27.9. The zero-order valence-corrected chi connectivity index (χ0v) is 17.4. The van der Waals surface area contributed by atoms with Crippen molar-refractivity contribution in [3.63, 3.8) is 0 Å². The molecule has 0 aliphatic rings. The molecule has 0 aromatic carbocycles. The molecule has 0 radical (unpaired) electrons. The molecule has 0 saturated heterocycles. The Bertz CT molecular complexity index is 734. The number of halogens is 6. The molecule has 0 N–H and O–H groups in total. The van der Waals surface area contributed by atoms with Gasteiger partial charge in [-0.3, -0.25) is 35.0 Å².